The highest BCUT2D eigenvalue weighted by molar-refractivity contribution is 5.83. The molecule has 33 heavy (non-hydrogen) atoms. The van der Waals surface area contributed by atoms with Gasteiger partial charge >= 0.3 is 0 Å². The number of nitrogens with one attached hydrogen (secondary N) is 1. The standard InChI is InChI=1S/C25H27FN6O/c1-16-6-9-19-14-21(25(33)27-22(19)17(16)2)23(31-12-4-3-5-13-31)24-28-29-30-32(24)15-18-7-10-20(26)11-8-18/h6-11,14,23H,3-5,12-13,15H2,1-2H3,(H,27,33). The molecule has 0 spiro atoms. The number of rotatable bonds is 5. The van der Waals surface area contributed by atoms with E-state index < -0.39 is 0 Å². The van der Waals surface area contributed by atoms with Crippen LogP contribution in [0.1, 0.15) is 53.4 Å². The number of aromatic amines is 1. The number of fused-ring (bicyclic) bond motifs is 1. The number of aryl methyl sites for hydroxylation is 2. The first-order chi connectivity index (χ1) is 16.0. The second-order valence-electron chi connectivity index (χ2n) is 8.85. The van der Waals surface area contributed by atoms with Crippen molar-refractivity contribution in [1.82, 2.24) is 30.1 Å². The third-order valence-corrected chi connectivity index (χ3v) is 6.68. The molecule has 170 valence electrons. The Hall–Kier alpha value is -3.39. The van der Waals surface area contributed by atoms with Gasteiger partial charge in [-0.1, -0.05) is 30.7 Å². The summed E-state index contributed by atoms with van der Waals surface area (Å²) in [6.07, 6.45) is 3.32. The molecule has 1 saturated heterocycles. The molecule has 1 N–H and O–H groups in total. The van der Waals surface area contributed by atoms with E-state index in [2.05, 4.69) is 31.5 Å². The van der Waals surface area contributed by atoms with Gasteiger partial charge in [0.05, 0.1) is 12.1 Å². The Balaban J connectivity index is 1.62. The molecule has 3 heterocycles. The van der Waals surface area contributed by atoms with Gasteiger partial charge < -0.3 is 4.98 Å². The van der Waals surface area contributed by atoms with Gasteiger partial charge in [0.15, 0.2) is 5.82 Å². The first-order valence-corrected chi connectivity index (χ1v) is 11.4. The molecule has 7 nitrogen and oxygen atoms in total. The summed E-state index contributed by atoms with van der Waals surface area (Å²) in [6, 6.07) is 12.1. The second kappa shape index (κ2) is 8.86. The van der Waals surface area contributed by atoms with Gasteiger partial charge in [0.1, 0.15) is 11.9 Å². The summed E-state index contributed by atoms with van der Waals surface area (Å²) in [7, 11) is 0. The minimum absolute atomic E-state index is 0.122. The van der Waals surface area contributed by atoms with E-state index in [1.54, 1.807) is 16.8 Å². The monoisotopic (exact) mass is 446 g/mol. The largest absolute Gasteiger partial charge is 0.321 e. The van der Waals surface area contributed by atoms with Crippen LogP contribution in [0, 0.1) is 19.7 Å². The zero-order valence-electron chi connectivity index (χ0n) is 18.9. The normalized spacial score (nSPS) is 15.7. The number of nitrogens with zero attached hydrogens (tertiary/aromatic N) is 5. The lowest BCUT2D eigenvalue weighted by Gasteiger charge is -2.33. The van der Waals surface area contributed by atoms with Crippen molar-refractivity contribution >= 4 is 10.9 Å². The maximum absolute atomic E-state index is 13.4. The van der Waals surface area contributed by atoms with E-state index in [9.17, 15) is 9.18 Å². The molecule has 0 bridgehead atoms. The Morgan fingerprint density at radius 2 is 1.82 bits per heavy atom. The molecular formula is C25H27FN6O. The van der Waals surface area contributed by atoms with Crippen LogP contribution in [0.2, 0.25) is 0 Å². The first kappa shape index (κ1) is 21.5. The number of tetrazole rings is 1. The molecule has 0 amide bonds. The van der Waals surface area contributed by atoms with Crippen LogP contribution in [0.4, 0.5) is 4.39 Å². The third-order valence-electron chi connectivity index (χ3n) is 6.68. The minimum atomic E-state index is -0.365. The lowest BCUT2D eigenvalue weighted by molar-refractivity contribution is 0.177. The average Bonchev–Trinajstić information content (AvgIpc) is 3.27. The van der Waals surface area contributed by atoms with Crippen molar-refractivity contribution < 1.29 is 4.39 Å². The minimum Gasteiger partial charge on any atom is -0.321 e. The van der Waals surface area contributed by atoms with Gasteiger partial charge in [-0.05, 0) is 90.5 Å². The van der Waals surface area contributed by atoms with Crippen LogP contribution in [-0.2, 0) is 6.54 Å². The number of benzene rings is 2. The number of pyridine rings is 1. The Bertz CT molecular complexity index is 1340. The maximum Gasteiger partial charge on any atom is 0.253 e. The fraction of sp³-hybridized carbons (Fsp3) is 0.360. The van der Waals surface area contributed by atoms with Crippen molar-refractivity contribution in [2.24, 2.45) is 0 Å². The van der Waals surface area contributed by atoms with Crippen LogP contribution < -0.4 is 5.56 Å². The van der Waals surface area contributed by atoms with Crippen LogP contribution in [-0.4, -0.2) is 43.2 Å². The number of likely N-dealkylation sites (tertiary alicyclic amines) is 1. The van der Waals surface area contributed by atoms with E-state index in [1.807, 2.05) is 26.0 Å². The Kier molecular flexibility index (Phi) is 5.76. The van der Waals surface area contributed by atoms with Crippen LogP contribution in [0.3, 0.4) is 0 Å². The number of hydrogen-bond acceptors (Lipinski definition) is 5. The Morgan fingerprint density at radius 1 is 1.06 bits per heavy atom. The van der Waals surface area contributed by atoms with E-state index in [0.717, 1.165) is 53.5 Å². The van der Waals surface area contributed by atoms with Crippen molar-refractivity contribution in [3.8, 4) is 0 Å². The second-order valence-corrected chi connectivity index (χ2v) is 8.85. The van der Waals surface area contributed by atoms with Crippen LogP contribution in [0.15, 0.2) is 47.3 Å². The van der Waals surface area contributed by atoms with E-state index in [0.29, 0.717) is 17.9 Å². The predicted octanol–water partition coefficient (Wildman–Crippen LogP) is 3.89. The molecular weight excluding hydrogens is 419 g/mol. The van der Waals surface area contributed by atoms with Gasteiger partial charge in [-0.3, -0.25) is 9.69 Å². The van der Waals surface area contributed by atoms with Crippen molar-refractivity contribution in [2.45, 2.75) is 45.7 Å². The summed E-state index contributed by atoms with van der Waals surface area (Å²) >= 11 is 0. The number of piperidine rings is 1. The van der Waals surface area contributed by atoms with E-state index in [1.165, 1.54) is 18.6 Å². The summed E-state index contributed by atoms with van der Waals surface area (Å²) in [5, 5.41) is 13.5. The van der Waals surface area contributed by atoms with Crippen molar-refractivity contribution in [1.29, 1.82) is 0 Å². The molecule has 2 aromatic heterocycles. The molecule has 2 aromatic carbocycles. The molecule has 0 aliphatic carbocycles. The van der Waals surface area contributed by atoms with E-state index >= 15 is 0 Å². The molecule has 4 aromatic rings. The van der Waals surface area contributed by atoms with Crippen molar-refractivity contribution in [2.75, 3.05) is 13.1 Å². The summed E-state index contributed by atoms with van der Waals surface area (Å²) < 4.78 is 15.1. The SMILES string of the molecule is Cc1ccc2cc(C(c3nnnn3Cc3ccc(F)cc3)N3CCCCC3)c(=O)[nH]c2c1C. The lowest BCUT2D eigenvalue weighted by Crippen LogP contribution is -2.38. The molecule has 0 radical (unpaired) electrons. The summed E-state index contributed by atoms with van der Waals surface area (Å²) in [5.41, 5.74) is 4.49. The van der Waals surface area contributed by atoms with Gasteiger partial charge in [0.25, 0.3) is 5.56 Å². The van der Waals surface area contributed by atoms with Gasteiger partial charge in [-0.25, -0.2) is 9.07 Å². The highest BCUT2D eigenvalue weighted by Gasteiger charge is 2.31. The fourth-order valence-electron chi connectivity index (χ4n) is 4.70. The summed E-state index contributed by atoms with van der Waals surface area (Å²) in [6.45, 7) is 6.22. The zero-order valence-corrected chi connectivity index (χ0v) is 18.9. The van der Waals surface area contributed by atoms with Gasteiger partial charge in [-0.2, -0.15) is 0 Å². The zero-order chi connectivity index (χ0) is 22.9. The Labute approximate surface area is 191 Å². The smallest absolute Gasteiger partial charge is 0.253 e. The lowest BCUT2D eigenvalue weighted by atomic mass is 9.98. The summed E-state index contributed by atoms with van der Waals surface area (Å²) in [5.74, 6) is 0.338. The first-order valence-electron chi connectivity index (χ1n) is 11.4. The number of H-pyrrole nitrogens is 1. The maximum atomic E-state index is 13.4. The molecule has 1 unspecified atom stereocenters. The highest BCUT2D eigenvalue weighted by atomic mass is 19.1. The highest BCUT2D eigenvalue weighted by Crippen LogP contribution is 2.30. The van der Waals surface area contributed by atoms with Crippen LogP contribution in [0.5, 0.6) is 0 Å². The van der Waals surface area contributed by atoms with Gasteiger partial charge in [-0.15, -0.1) is 5.10 Å². The quantitative estimate of drug-likeness (QED) is 0.503. The van der Waals surface area contributed by atoms with E-state index in [-0.39, 0.29) is 17.4 Å². The number of halogens is 1. The molecule has 5 rings (SSSR count). The summed E-state index contributed by atoms with van der Waals surface area (Å²) in [4.78, 5) is 18.8. The predicted molar refractivity (Wildman–Crippen MR) is 125 cm³/mol. The van der Waals surface area contributed by atoms with Crippen molar-refractivity contribution in [3.63, 3.8) is 0 Å². The van der Waals surface area contributed by atoms with Crippen molar-refractivity contribution in [3.05, 3.63) is 86.7 Å². The topological polar surface area (TPSA) is 79.7 Å². The number of hydrogen-bond donors (Lipinski definition) is 1. The molecule has 1 fully saturated rings. The number of aromatic nitrogens is 5. The average molecular weight is 447 g/mol. The van der Waals surface area contributed by atoms with Gasteiger partial charge in [0.2, 0.25) is 0 Å². The molecule has 8 heteroatoms. The molecule has 0 saturated carbocycles. The molecule has 1 atom stereocenters. The van der Waals surface area contributed by atoms with E-state index in [4.69, 9.17) is 0 Å². The molecule has 1 aliphatic heterocycles. The van der Waals surface area contributed by atoms with Crippen LogP contribution >= 0.6 is 0 Å². The fourth-order valence-corrected chi connectivity index (χ4v) is 4.70. The van der Waals surface area contributed by atoms with Crippen LogP contribution in [0.25, 0.3) is 10.9 Å². The third kappa shape index (κ3) is 4.18. The molecule has 1 aliphatic rings. The van der Waals surface area contributed by atoms with Gasteiger partial charge in [0, 0.05) is 5.56 Å². The Morgan fingerprint density at radius 3 is 2.58 bits per heavy atom.